The second-order valence-electron chi connectivity index (χ2n) is 5.86. The number of oxazole rings is 1. The Kier molecular flexibility index (Phi) is 7.08. The first-order valence-corrected chi connectivity index (χ1v) is 11.1. The minimum Gasteiger partial charge on any atom is -0.431 e. The van der Waals surface area contributed by atoms with E-state index in [1.165, 1.54) is 28.2 Å². The Balaban J connectivity index is 2.16. The summed E-state index contributed by atoms with van der Waals surface area (Å²) < 4.78 is 32.2. The molecule has 0 aliphatic heterocycles. The van der Waals surface area contributed by atoms with Crippen molar-refractivity contribution in [3.63, 3.8) is 0 Å². The van der Waals surface area contributed by atoms with Crippen LogP contribution in [0.5, 0.6) is 0 Å². The molecule has 0 radical (unpaired) electrons. The lowest BCUT2D eigenvalue weighted by Gasteiger charge is -2.18. The minimum absolute atomic E-state index is 0.0867. The Hall–Kier alpha value is -1.58. The van der Waals surface area contributed by atoms with Crippen LogP contribution in [0.4, 0.5) is 0 Å². The smallest absolute Gasteiger partial charge is 0.257 e. The number of thioether (sulfide) groups is 1. The maximum absolute atomic E-state index is 12.6. The van der Waals surface area contributed by atoms with E-state index in [-0.39, 0.29) is 22.6 Å². The number of aromatic nitrogens is 1. The van der Waals surface area contributed by atoms with Crippen molar-refractivity contribution in [3.8, 4) is 0 Å². The molecule has 0 spiro atoms. The van der Waals surface area contributed by atoms with Gasteiger partial charge in [0.25, 0.3) is 5.22 Å². The van der Waals surface area contributed by atoms with Gasteiger partial charge in [-0.1, -0.05) is 32.5 Å². The van der Waals surface area contributed by atoms with Crippen molar-refractivity contribution in [2.45, 2.75) is 50.3 Å². The molecule has 144 valence electrons. The fourth-order valence-electron chi connectivity index (χ4n) is 2.37. The molecule has 26 heavy (non-hydrogen) atoms. The van der Waals surface area contributed by atoms with Crippen LogP contribution < -0.4 is 5.32 Å². The summed E-state index contributed by atoms with van der Waals surface area (Å²) in [6.07, 6.45) is 0.864. The van der Waals surface area contributed by atoms with Crippen molar-refractivity contribution in [1.82, 2.24) is 14.6 Å². The predicted octanol–water partition coefficient (Wildman–Crippen LogP) is 2.87. The Morgan fingerprint density at radius 3 is 2.62 bits per heavy atom. The van der Waals surface area contributed by atoms with E-state index in [1.807, 2.05) is 13.8 Å². The third-order valence-corrected chi connectivity index (χ3v) is 6.90. The van der Waals surface area contributed by atoms with E-state index in [0.717, 1.165) is 6.42 Å². The van der Waals surface area contributed by atoms with Crippen LogP contribution in [-0.2, 0) is 14.8 Å². The first kappa shape index (κ1) is 20.7. The van der Waals surface area contributed by atoms with Crippen molar-refractivity contribution in [3.05, 3.63) is 18.2 Å². The zero-order valence-corrected chi connectivity index (χ0v) is 17.1. The topological polar surface area (TPSA) is 92.5 Å². The second-order valence-corrected chi connectivity index (χ2v) is 8.73. The molecule has 0 saturated carbocycles. The number of hydrogen-bond donors (Lipinski definition) is 1. The summed E-state index contributed by atoms with van der Waals surface area (Å²) in [5.41, 5.74) is 0.955. The minimum atomic E-state index is -3.54. The number of sulfonamides is 1. The average Bonchev–Trinajstić information content (AvgIpc) is 3.02. The average molecular weight is 400 g/mol. The summed E-state index contributed by atoms with van der Waals surface area (Å²) >= 11 is 1.19. The molecular weight excluding hydrogens is 374 g/mol. The van der Waals surface area contributed by atoms with Crippen LogP contribution >= 0.6 is 11.8 Å². The maximum atomic E-state index is 12.6. The second kappa shape index (κ2) is 8.88. The number of fused-ring (bicyclic) bond motifs is 1. The van der Waals surface area contributed by atoms with Crippen molar-refractivity contribution in [2.75, 3.05) is 18.8 Å². The highest BCUT2D eigenvalue weighted by atomic mass is 32.2. The molecule has 9 heteroatoms. The van der Waals surface area contributed by atoms with Crippen LogP contribution in [0.1, 0.15) is 34.1 Å². The van der Waals surface area contributed by atoms with Gasteiger partial charge >= 0.3 is 0 Å². The third kappa shape index (κ3) is 4.77. The van der Waals surface area contributed by atoms with Gasteiger partial charge in [-0.05, 0) is 31.5 Å². The fourth-order valence-corrected chi connectivity index (χ4v) is 4.49. The van der Waals surface area contributed by atoms with Gasteiger partial charge in [0.05, 0.1) is 10.6 Å². The van der Waals surface area contributed by atoms with Gasteiger partial charge in [0, 0.05) is 19.1 Å². The Labute approximate surface area is 158 Å². The monoisotopic (exact) mass is 399 g/mol. The zero-order chi connectivity index (χ0) is 19.3. The van der Waals surface area contributed by atoms with Crippen LogP contribution in [0.3, 0.4) is 0 Å². The molecular formula is C17H25N3O4S2. The van der Waals surface area contributed by atoms with E-state index in [0.29, 0.717) is 29.4 Å². The normalized spacial score (nSPS) is 13.3. The highest BCUT2D eigenvalue weighted by molar-refractivity contribution is 7.99. The number of carbonyl (C=O) groups excluding carboxylic acids is 1. The Morgan fingerprint density at radius 2 is 2.00 bits per heavy atom. The summed E-state index contributed by atoms with van der Waals surface area (Å²) in [5.74, 6) is 0.110. The molecule has 2 rings (SSSR count). The van der Waals surface area contributed by atoms with E-state index >= 15 is 0 Å². The molecule has 1 aromatic carbocycles. The quantitative estimate of drug-likeness (QED) is 0.652. The molecule has 0 aliphatic carbocycles. The third-order valence-electron chi connectivity index (χ3n) is 4.03. The van der Waals surface area contributed by atoms with Crippen LogP contribution in [-0.4, -0.2) is 48.5 Å². The van der Waals surface area contributed by atoms with E-state index < -0.39 is 10.0 Å². The van der Waals surface area contributed by atoms with Crippen LogP contribution in [0.25, 0.3) is 11.1 Å². The number of hydrogen-bond acceptors (Lipinski definition) is 6. The van der Waals surface area contributed by atoms with Crippen LogP contribution in [0.15, 0.2) is 32.7 Å². The van der Waals surface area contributed by atoms with Gasteiger partial charge in [-0.25, -0.2) is 13.4 Å². The van der Waals surface area contributed by atoms with Gasteiger partial charge in [0.1, 0.15) is 5.52 Å². The van der Waals surface area contributed by atoms with E-state index in [2.05, 4.69) is 10.3 Å². The first-order valence-electron chi connectivity index (χ1n) is 8.64. The number of nitrogens with one attached hydrogen (secondary N) is 1. The van der Waals surface area contributed by atoms with Gasteiger partial charge in [-0.3, -0.25) is 4.79 Å². The summed E-state index contributed by atoms with van der Waals surface area (Å²) in [5, 5.41) is 3.22. The molecule has 0 unspecified atom stereocenters. The van der Waals surface area contributed by atoms with Crippen molar-refractivity contribution in [1.29, 1.82) is 0 Å². The van der Waals surface area contributed by atoms with E-state index in [1.54, 1.807) is 19.9 Å². The molecule has 1 atom stereocenters. The van der Waals surface area contributed by atoms with Gasteiger partial charge in [0.15, 0.2) is 5.58 Å². The number of carbonyl (C=O) groups is 1. The first-order chi connectivity index (χ1) is 12.3. The largest absolute Gasteiger partial charge is 0.431 e. The molecule has 2 aromatic rings. The molecule has 0 aliphatic rings. The van der Waals surface area contributed by atoms with Crippen LogP contribution in [0.2, 0.25) is 0 Å². The lowest BCUT2D eigenvalue weighted by atomic mass is 10.3. The number of amides is 1. The van der Waals surface area contributed by atoms with Gasteiger partial charge in [0.2, 0.25) is 15.9 Å². The molecule has 1 amide bonds. The van der Waals surface area contributed by atoms with Gasteiger partial charge in [-0.2, -0.15) is 4.31 Å². The lowest BCUT2D eigenvalue weighted by molar-refractivity contribution is -0.119. The highest BCUT2D eigenvalue weighted by Gasteiger charge is 2.22. The van der Waals surface area contributed by atoms with Crippen molar-refractivity contribution < 1.29 is 17.6 Å². The molecule has 7 nitrogen and oxygen atoms in total. The molecule has 0 fully saturated rings. The van der Waals surface area contributed by atoms with Crippen LogP contribution in [0, 0.1) is 0 Å². The van der Waals surface area contributed by atoms with Gasteiger partial charge in [-0.15, -0.1) is 0 Å². The Bertz CT molecular complexity index is 860. The fraction of sp³-hybridized carbons (Fsp3) is 0.529. The summed E-state index contributed by atoms with van der Waals surface area (Å²) in [6.45, 7) is 8.36. The zero-order valence-electron chi connectivity index (χ0n) is 15.5. The maximum Gasteiger partial charge on any atom is 0.257 e. The predicted molar refractivity (Wildman–Crippen MR) is 103 cm³/mol. The lowest BCUT2D eigenvalue weighted by Crippen LogP contribution is -2.33. The summed E-state index contributed by atoms with van der Waals surface area (Å²) in [4.78, 5) is 16.3. The van der Waals surface area contributed by atoms with Gasteiger partial charge < -0.3 is 9.73 Å². The number of nitrogens with zero attached hydrogens (tertiary/aromatic N) is 2. The number of rotatable bonds is 9. The molecule has 0 saturated heterocycles. The standard InChI is InChI=1S/C17H25N3O4S2/c1-5-12(4)18-16(21)11-25-17-19-14-10-13(8-9-15(14)24-17)26(22,23)20(6-2)7-3/h8-10,12H,5-7,11H2,1-4H3,(H,18,21)/t12-/m1/s1. The molecule has 0 bridgehead atoms. The van der Waals surface area contributed by atoms with Crippen molar-refractivity contribution >= 4 is 38.8 Å². The molecule has 1 N–H and O–H groups in total. The Morgan fingerprint density at radius 1 is 1.31 bits per heavy atom. The highest BCUT2D eigenvalue weighted by Crippen LogP contribution is 2.26. The van der Waals surface area contributed by atoms with E-state index in [4.69, 9.17) is 4.42 Å². The SMILES string of the molecule is CC[C@@H](C)NC(=O)CSc1nc2cc(S(=O)(=O)N(CC)CC)ccc2o1. The van der Waals surface area contributed by atoms with E-state index in [9.17, 15) is 13.2 Å². The summed E-state index contributed by atoms with van der Waals surface area (Å²) in [6, 6.07) is 4.75. The molecule has 1 heterocycles. The van der Waals surface area contributed by atoms with Crippen molar-refractivity contribution in [2.24, 2.45) is 0 Å². The summed E-state index contributed by atoms with van der Waals surface area (Å²) in [7, 11) is -3.54. The number of benzene rings is 1. The molecule has 1 aromatic heterocycles.